The van der Waals surface area contributed by atoms with E-state index < -0.39 is 0 Å². The maximum Gasteiger partial charge on any atom is 0.188 e. The Morgan fingerprint density at radius 1 is 1.21 bits per heavy atom. The third-order valence-electron chi connectivity index (χ3n) is 3.11. The number of rotatable bonds is 3. The number of carbonyl (C=O) groups is 1. The summed E-state index contributed by atoms with van der Waals surface area (Å²) in [5.74, 6) is -0.261. The van der Waals surface area contributed by atoms with Gasteiger partial charge >= 0.3 is 0 Å². The molecule has 0 N–H and O–H groups in total. The lowest BCUT2D eigenvalue weighted by Crippen LogP contribution is -2.11. The van der Waals surface area contributed by atoms with Gasteiger partial charge < -0.3 is 0 Å². The van der Waals surface area contributed by atoms with Crippen molar-refractivity contribution in [2.24, 2.45) is 0 Å². The van der Waals surface area contributed by atoms with Gasteiger partial charge in [-0.05, 0) is 23.8 Å². The van der Waals surface area contributed by atoms with E-state index >= 15 is 0 Å². The fourth-order valence-corrected chi connectivity index (χ4v) is 1.97. The van der Waals surface area contributed by atoms with Crippen molar-refractivity contribution >= 4 is 11.4 Å². The third kappa shape index (κ3) is 2.10. The maximum absolute atomic E-state index is 12.3. The summed E-state index contributed by atoms with van der Waals surface area (Å²) in [6, 6.07) is 9.09. The van der Waals surface area contributed by atoms with Crippen LogP contribution in [0.2, 0.25) is 0 Å². The van der Waals surface area contributed by atoms with Gasteiger partial charge in [0.1, 0.15) is 12.0 Å². The van der Waals surface area contributed by atoms with Crippen molar-refractivity contribution in [1.29, 1.82) is 0 Å². The van der Waals surface area contributed by atoms with E-state index in [2.05, 4.69) is 15.1 Å². The van der Waals surface area contributed by atoms with E-state index in [9.17, 15) is 4.79 Å². The van der Waals surface area contributed by atoms with Gasteiger partial charge in [0.25, 0.3) is 0 Å². The number of carbonyl (C=O) groups excluding carboxylic acids is 1. The van der Waals surface area contributed by atoms with Crippen LogP contribution in [-0.2, 0) is 0 Å². The molecule has 0 aliphatic heterocycles. The second-order valence-electron chi connectivity index (χ2n) is 4.33. The van der Waals surface area contributed by atoms with Crippen molar-refractivity contribution in [1.82, 2.24) is 19.6 Å². The molecule has 3 heterocycles. The lowest BCUT2D eigenvalue weighted by Gasteiger charge is -2.10. The number of nitrogens with zero attached hydrogens (tertiary/aromatic N) is 4. The highest BCUT2D eigenvalue weighted by Gasteiger charge is 2.18. The molecule has 0 amide bonds. The molecule has 0 saturated heterocycles. The quantitative estimate of drug-likeness (QED) is 0.670. The normalized spacial score (nSPS) is 12.5. The molecular formula is C14H12N4O. The van der Waals surface area contributed by atoms with E-state index in [1.807, 2.05) is 31.3 Å². The Hall–Kier alpha value is -2.56. The van der Waals surface area contributed by atoms with Crippen molar-refractivity contribution in [2.75, 3.05) is 0 Å². The fourth-order valence-electron chi connectivity index (χ4n) is 1.97. The number of Topliss-reactive ketones (excluding diaryl/α,β-unsaturated/α-hetero) is 1. The first kappa shape index (κ1) is 11.5. The minimum atomic E-state index is -0.261. The van der Waals surface area contributed by atoms with Crippen LogP contribution in [0, 0.1) is 0 Å². The fraction of sp³-hybridized carbons (Fsp3) is 0.143. The SMILES string of the molecule is CC(C(=O)c1ccccn1)c1ccc2ncnn2c1. The number of fused-ring (bicyclic) bond motifs is 1. The van der Waals surface area contributed by atoms with E-state index in [0.717, 1.165) is 11.2 Å². The van der Waals surface area contributed by atoms with Crippen molar-refractivity contribution in [3.63, 3.8) is 0 Å². The first-order valence-corrected chi connectivity index (χ1v) is 6.00. The van der Waals surface area contributed by atoms with E-state index in [4.69, 9.17) is 0 Å². The molecule has 94 valence electrons. The molecule has 0 radical (unpaired) electrons. The minimum absolute atomic E-state index is 0.0000605. The maximum atomic E-state index is 12.3. The van der Waals surface area contributed by atoms with Crippen LogP contribution in [0.1, 0.15) is 28.9 Å². The molecule has 1 unspecified atom stereocenters. The standard InChI is InChI=1S/C14H12N4O/c1-10(14(19)12-4-2-3-7-15-12)11-5-6-13-16-9-17-18(13)8-11/h2-10H,1H3. The molecule has 0 spiro atoms. The van der Waals surface area contributed by atoms with Crippen LogP contribution in [0.5, 0.6) is 0 Å². The van der Waals surface area contributed by atoms with Crippen LogP contribution >= 0.6 is 0 Å². The molecule has 0 aliphatic rings. The van der Waals surface area contributed by atoms with Gasteiger partial charge in [0, 0.05) is 18.3 Å². The Morgan fingerprint density at radius 3 is 2.89 bits per heavy atom. The zero-order valence-electron chi connectivity index (χ0n) is 10.4. The number of ketones is 1. The van der Waals surface area contributed by atoms with Crippen LogP contribution < -0.4 is 0 Å². The largest absolute Gasteiger partial charge is 0.292 e. The monoisotopic (exact) mass is 252 g/mol. The molecule has 0 aromatic carbocycles. The van der Waals surface area contributed by atoms with E-state index in [1.165, 1.54) is 6.33 Å². The van der Waals surface area contributed by atoms with Gasteiger partial charge in [0.2, 0.25) is 0 Å². The highest BCUT2D eigenvalue weighted by molar-refractivity contribution is 5.99. The van der Waals surface area contributed by atoms with Crippen molar-refractivity contribution in [2.45, 2.75) is 12.8 Å². The molecule has 3 aromatic heterocycles. The molecular weight excluding hydrogens is 240 g/mol. The highest BCUT2D eigenvalue weighted by atomic mass is 16.1. The second kappa shape index (κ2) is 4.61. The number of pyridine rings is 2. The predicted octanol–water partition coefficient (Wildman–Crippen LogP) is 2.11. The van der Waals surface area contributed by atoms with Crippen LogP contribution in [-0.4, -0.2) is 25.4 Å². The van der Waals surface area contributed by atoms with Crippen LogP contribution in [0.25, 0.3) is 5.65 Å². The summed E-state index contributed by atoms with van der Waals surface area (Å²) in [6.07, 6.45) is 4.94. The molecule has 0 fully saturated rings. The second-order valence-corrected chi connectivity index (χ2v) is 4.33. The van der Waals surface area contributed by atoms with Crippen LogP contribution in [0.4, 0.5) is 0 Å². The topological polar surface area (TPSA) is 60.2 Å². The number of hydrogen-bond donors (Lipinski definition) is 0. The van der Waals surface area contributed by atoms with Crippen molar-refractivity contribution < 1.29 is 4.79 Å². The summed E-state index contributed by atoms with van der Waals surface area (Å²) < 4.78 is 1.66. The van der Waals surface area contributed by atoms with E-state index in [-0.39, 0.29) is 11.7 Å². The van der Waals surface area contributed by atoms with E-state index in [1.54, 1.807) is 22.8 Å². The first-order valence-electron chi connectivity index (χ1n) is 6.00. The molecule has 0 saturated carbocycles. The average molecular weight is 252 g/mol. The Labute approximate surface area is 109 Å². The molecule has 0 bridgehead atoms. The minimum Gasteiger partial charge on any atom is -0.292 e. The van der Waals surface area contributed by atoms with Gasteiger partial charge in [-0.2, -0.15) is 5.10 Å². The van der Waals surface area contributed by atoms with Gasteiger partial charge in [-0.15, -0.1) is 0 Å². The zero-order chi connectivity index (χ0) is 13.2. The van der Waals surface area contributed by atoms with Gasteiger partial charge in [-0.3, -0.25) is 9.78 Å². The summed E-state index contributed by atoms with van der Waals surface area (Å²) in [7, 11) is 0. The smallest absolute Gasteiger partial charge is 0.188 e. The predicted molar refractivity (Wildman–Crippen MR) is 70.0 cm³/mol. The molecule has 5 nitrogen and oxygen atoms in total. The lowest BCUT2D eigenvalue weighted by molar-refractivity contribution is 0.0961. The summed E-state index contributed by atoms with van der Waals surface area (Å²) >= 11 is 0. The lowest BCUT2D eigenvalue weighted by atomic mass is 9.96. The van der Waals surface area contributed by atoms with E-state index in [0.29, 0.717) is 5.69 Å². The number of hydrogen-bond acceptors (Lipinski definition) is 4. The Kier molecular flexibility index (Phi) is 2.79. The molecule has 19 heavy (non-hydrogen) atoms. The first-order chi connectivity index (χ1) is 9.25. The van der Waals surface area contributed by atoms with Crippen LogP contribution in [0.15, 0.2) is 49.1 Å². The Morgan fingerprint density at radius 2 is 2.11 bits per heavy atom. The van der Waals surface area contributed by atoms with Gasteiger partial charge in [-0.25, -0.2) is 9.50 Å². The highest BCUT2D eigenvalue weighted by Crippen LogP contribution is 2.19. The summed E-state index contributed by atoms with van der Waals surface area (Å²) in [4.78, 5) is 20.5. The third-order valence-corrected chi connectivity index (χ3v) is 3.11. The summed E-state index contributed by atoms with van der Waals surface area (Å²) in [6.45, 7) is 1.87. The molecule has 5 heteroatoms. The Balaban J connectivity index is 1.94. The van der Waals surface area contributed by atoms with Crippen LogP contribution in [0.3, 0.4) is 0 Å². The van der Waals surface area contributed by atoms with Gasteiger partial charge in [0.15, 0.2) is 11.4 Å². The zero-order valence-corrected chi connectivity index (χ0v) is 10.4. The molecule has 1 atom stereocenters. The number of aromatic nitrogens is 4. The summed E-state index contributed by atoms with van der Waals surface area (Å²) in [5, 5.41) is 4.07. The molecule has 3 aromatic rings. The van der Waals surface area contributed by atoms with Gasteiger partial charge in [-0.1, -0.05) is 19.1 Å². The van der Waals surface area contributed by atoms with Crippen molar-refractivity contribution in [3.8, 4) is 0 Å². The Bertz CT molecular complexity index is 720. The van der Waals surface area contributed by atoms with Crippen molar-refractivity contribution in [3.05, 3.63) is 60.3 Å². The summed E-state index contributed by atoms with van der Waals surface area (Å²) in [5.41, 5.74) is 2.14. The molecule has 0 aliphatic carbocycles. The molecule has 3 rings (SSSR count). The average Bonchev–Trinajstić information content (AvgIpc) is 2.94. The van der Waals surface area contributed by atoms with Gasteiger partial charge in [0.05, 0.1) is 0 Å².